The van der Waals surface area contributed by atoms with Crippen LogP contribution in [0, 0.1) is 6.92 Å². The van der Waals surface area contributed by atoms with Gasteiger partial charge in [0.1, 0.15) is 5.69 Å². The van der Waals surface area contributed by atoms with Crippen LogP contribution in [0.5, 0.6) is 0 Å². The highest BCUT2D eigenvalue weighted by Gasteiger charge is 2.03. The van der Waals surface area contributed by atoms with Gasteiger partial charge >= 0.3 is 0 Å². The van der Waals surface area contributed by atoms with E-state index in [9.17, 15) is 0 Å². The fraction of sp³-hybridized carbons (Fsp3) is 0.273. The average molecular weight is 203 g/mol. The number of aryl methyl sites for hydroxylation is 1. The van der Waals surface area contributed by atoms with Crippen LogP contribution in [0.1, 0.15) is 5.69 Å². The van der Waals surface area contributed by atoms with Gasteiger partial charge in [-0.05, 0) is 25.1 Å². The third-order valence-corrected chi connectivity index (χ3v) is 2.12. The third kappa shape index (κ3) is 2.22. The molecule has 0 atom stereocenters. The van der Waals surface area contributed by atoms with E-state index in [1.807, 2.05) is 37.4 Å². The molecule has 4 nitrogen and oxygen atoms in total. The summed E-state index contributed by atoms with van der Waals surface area (Å²) in [4.78, 5) is 4.38. The predicted octanol–water partition coefficient (Wildman–Crippen LogP) is 1.25. The van der Waals surface area contributed by atoms with Crippen molar-refractivity contribution in [3.05, 3.63) is 36.2 Å². The van der Waals surface area contributed by atoms with Gasteiger partial charge < -0.3 is 5.11 Å². The third-order valence-electron chi connectivity index (χ3n) is 2.12. The second kappa shape index (κ2) is 4.23. The van der Waals surface area contributed by atoms with Crippen molar-refractivity contribution in [2.45, 2.75) is 13.5 Å². The molecule has 0 amide bonds. The lowest BCUT2D eigenvalue weighted by molar-refractivity contribution is 0.269. The largest absolute Gasteiger partial charge is 0.394 e. The number of aliphatic hydroxyl groups is 1. The Balaban J connectivity index is 2.29. The molecule has 0 radical (unpaired) electrons. The van der Waals surface area contributed by atoms with Crippen molar-refractivity contribution >= 4 is 0 Å². The van der Waals surface area contributed by atoms with Crippen LogP contribution in [0.3, 0.4) is 0 Å². The summed E-state index contributed by atoms with van der Waals surface area (Å²) in [6.45, 7) is 2.57. The fourth-order valence-corrected chi connectivity index (χ4v) is 1.41. The van der Waals surface area contributed by atoms with E-state index in [0.29, 0.717) is 6.54 Å². The summed E-state index contributed by atoms with van der Waals surface area (Å²) in [5.74, 6) is 0. The zero-order chi connectivity index (χ0) is 10.7. The summed E-state index contributed by atoms with van der Waals surface area (Å²) in [7, 11) is 0. The Kier molecular flexibility index (Phi) is 2.78. The highest BCUT2D eigenvalue weighted by Crippen LogP contribution is 2.13. The summed E-state index contributed by atoms with van der Waals surface area (Å²) in [6.07, 6.45) is 1.84. The Bertz CT molecular complexity index is 451. The lowest BCUT2D eigenvalue weighted by atomic mass is 10.2. The van der Waals surface area contributed by atoms with E-state index in [-0.39, 0.29) is 6.61 Å². The quantitative estimate of drug-likeness (QED) is 0.816. The summed E-state index contributed by atoms with van der Waals surface area (Å²) < 4.78 is 1.71. The molecule has 1 N–H and O–H groups in total. The molecular weight excluding hydrogens is 190 g/mol. The van der Waals surface area contributed by atoms with Gasteiger partial charge in [-0.2, -0.15) is 5.10 Å². The van der Waals surface area contributed by atoms with Gasteiger partial charge in [0.15, 0.2) is 0 Å². The summed E-state index contributed by atoms with van der Waals surface area (Å²) in [6, 6.07) is 7.74. The van der Waals surface area contributed by atoms with Crippen molar-refractivity contribution in [1.82, 2.24) is 14.8 Å². The molecule has 0 bridgehead atoms. The Morgan fingerprint density at radius 1 is 1.27 bits per heavy atom. The van der Waals surface area contributed by atoms with E-state index in [2.05, 4.69) is 10.1 Å². The second-order valence-electron chi connectivity index (χ2n) is 3.35. The molecule has 0 saturated heterocycles. The van der Waals surface area contributed by atoms with Crippen LogP contribution in [0.4, 0.5) is 0 Å². The number of hydrogen-bond donors (Lipinski definition) is 1. The highest BCUT2D eigenvalue weighted by atomic mass is 16.3. The van der Waals surface area contributed by atoms with Gasteiger partial charge in [-0.15, -0.1) is 0 Å². The minimum absolute atomic E-state index is 0.0996. The van der Waals surface area contributed by atoms with Gasteiger partial charge in [-0.1, -0.05) is 6.07 Å². The van der Waals surface area contributed by atoms with E-state index in [1.54, 1.807) is 4.68 Å². The van der Waals surface area contributed by atoms with E-state index >= 15 is 0 Å². The first-order chi connectivity index (χ1) is 7.29. The number of pyridine rings is 1. The normalized spacial score (nSPS) is 10.5. The smallest absolute Gasteiger partial charge is 0.111 e. The van der Waals surface area contributed by atoms with Crippen molar-refractivity contribution in [2.75, 3.05) is 6.61 Å². The van der Waals surface area contributed by atoms with Crippen molar-refractivity contribution in [2.24, 2.45) is 0 Å². The SMILES string of the molecule is Cc1cccc(-c2ccn(CCO)n2)n1. The number of aromatic nitrogens is 3. The summed E-state index contributed by atoms with van der Waals surface area (Å²) >= 11 is 0. The van der Waals surface area contributed by atoms with Crippen LogP contribution in [0.15, 0.2) is 30.5 Å². The standard InChI is InChI=1S/C11H13N3O/c1-9-3-2-4-10(12-9)11-5-6-14(13-11)7-8-15/h2-6,15H,7-8H2,1H3. The van der Waals surface area contributed by atoms with E-state index in [0.717, 1.165) is 17.1 Å². The number of aliphatic hydroxyl groups excluding tert-OH is 1. The topological polar surface area (TPSA) is 50.9 Å². The summed E-state index contributed by atoms with van der Waals surface area (Å²) in [5.41, 5.74) is 2.68. The molecule has 2 heterocycles. The molecule has 0 saturated carbocycles. The number of hydrogen-bond acceptors (Lipinski definition) is 3. The van der Waals surface area contributed by atoms with Crippen LogP contribution in [-0.4, -0.2) is 26.5 Å². The number of rotatable bonds is 3. The zero-order valence-corrected chi connectivity index (χ0v) is 8.59. The molecule has 2 rings (SSSR count). The first-order valence-corrected chi connectivity index (χ1v) is 4.88. The van der Waals surface area contributed by atoms with Crippen molar-refractivity contribution in [1.29, 1.82) is 0 Å². The monoisotopic (exact) mass is 203 g/mol. The van der Waals surface area contributed by atoms with Crippen molar-refractivity contribution < 1.29 is 5.11 Å². The average Bonchev–Trinajstić information content (AvgIpc) is 2.67. The summed E-state index contributed by atoms with van der Waals surface area (Å²) in [5, 5.41) is 13.1. The lowest BCUT2D eigenvalue weighted by Crippen LogP contribution is -2.02. The molecule has 0 spiro atoms. The Hall–Kier alpha value is -1.68. The molecule has 0 aromatic carbocycles. The van der Waals surface area contributed by atoms with Gasteiger partial charge in [-0.25, -0.2) is 0 Å². The highest BCUT2D eigenvalue weighted by molar-refractivity contribution is 5.53. The molecule has 0 aliphatic rings. The molecule has 15 heavy (non-hydrogen) atoms. The molecule has 4 heteroatoms. The molecule has 2 aromatic heterocycles. The van der Waals surface area contributed by atoms with E-state index in [4.69, 9.17) is 5.11 Å². The first-order valence-electron chi connectivity index (χ1n) is 4.88. The number of nitrogens with zero attached hydrogens (tertiary/aromatic N) is 3. The predicted molar refractivity (Wildman–Crippen MR) is 57.3 cm³/mol. The van der Waals surface area contributed by atoms with E-state index < -0.39 is 0 Å². The van der Waals surface area contributed by atoms with E-state index in [1.165, 1.54) is 0 Å². The van der Waals surface area contributed by atoms with Gasteiger partial charge in [-0.3, -0.25) is 9.67 Å². The lowest BCUT2D eigenvalue weighted by Gasteiger charge is -1.98. The molecule has 0 aliphatic heterocycles. The minimum Gasteiger partial charge on any atom is -0.394 e. The zero-order valence-electron chi connectivity index (χ0n) is 8.59. The van der Waals surface area contributed by atoms with Crippen LogP contribution in [0.25, 0.3) is 11.4 Å². The second-order valence-corrected chi connectivity index (χ2v) is 3.35. The maximum Gasteiger partial charge on any atom is 0.111 e. The maximum absolute atomic E-state index is 8.77. The molecule has 78 valence electrons. The van der Waals surface area contributed by atoms with Crippen LogP contribution in [-0.2, 0) is 6.54 Å². The van der Waals surface area contributed by atoms with Crippen LogP contribution in [0.2, 0.25) is 0 Å². The first kappa shape index (κ1) is 9.86. The Labute approximate surface area is 88.2 Å². The van der Waals surface area contributed by atoms with Gasteiger partial charge in [0.2, 0.25) is 0 Å². The van der Waals surface area contributed by atoms with Crippen molar-refractivity contribution in [3.63, 3.8) is 0 Å². The molecule has 2 aromatic rings. The van der Waals surface area contributed by atoms with Crippen LogP contribution < -0.4 is 0 Å². The molecule has 0 unspecified atom stereocenters. The van der Waals surface area contributed by atoms with Gasteiger partial charge in [0.05, 0.1) is 18.8 Å². The molecular formula is C11H13N3O. The molecule has 0 fully saturated rings. The minimum atomic E-state index is 0.0996. The van der Waals surface area contributed by atoms with Crippen molar-refractivity contribution in [3.8, 4) is 11.4 Å². The fourth-order valence-electron chi connectivity index (χ4n) is 1.41. The van der Waals surface area contributed by atoms with Crippen LogP contribution >= 0.6 is 0 Å². The Morgan fingerprint density at radius 2 is 2.13 bits per heavy atom. The molecule has 0 aliphatic carbocycles. The van der Waals surface area contributed by atoms with Gasteiger partial charge in [0, 0.05) is 11.9 Å². The van der Waals surface area contributed by atoms with Gasteiger partial charge in [0.25, 0.3) is 0 Å². The maximum atomic E-state index is 8.77. The Morgan fingerprint density at radius 3 is 2.87 bits per heavy atom.